The van der Waals surface area contributed by atoms with Gasteiger partial charge >= 0.3 is 0 Å². The summed E-state index contributed by atoms with van der Waals surface area (Å²) in [6, 6.07) is 0. The van der Waals surface area contributed by atoms with Crippen molar-refractivity contribution in [2.24, 2.45) is 5.73 Å². The molecule has 1 rings (SSSR count). The first-order valence-corrected chi connectivity index (χ1v) is 4.90. The van der Waals surface area contributed by atoms with E-state index >= 15 is 0 Å². The molecule has 1 amide bonds. The van der Waals surface area contributed by atoms with E-state index in [1.165, 1.54) is 6.33 Å². The normalized spacial score (nSPS) is 9.81. The fourth-order valence-electron chi connectivity index (χ4n) is 1.00. The Bertz CT molecular complexity index is 369. The van der Waals surface area contributed by atoms with E-state index < -0.39 is 5.91 Å². The summed E-state index contributed by atoms with van der Waals surface area (Å²) in [5.74, 6) is 0.165. The number of carbonyl (C=O) groups is 1. The molecule has 5 N–H and O–H groups in total. The molecule has 16 heavy (non-hydrogen) atoms. The fourth-order valence-corrected chi connectivity index (χ4v) is 1.00. The van der Waals surface area contributed by atoms with E-state index in [4.69, 9.17) is 16.2 Å². The Morgan fingerprint density at radius 2 is 2.31 bits per heavy atom. The minimum Gasteiger partial charge on any atom is -0.476 e. The van der Waals surface area contributed by atoms with Crippen LogP contribution in [0.5, 0.6) is 5.88 Å². The number of primary amides is 1. The third-order valence-electron chi connectivity index (χ3n) is 1.72. The molecule has 1 heterocycles. The molecule has 88 valence electrons. The number of aromatic nitrogens is 2. The average Bonchev–Trinajstić information content (AvgIpc) is 2.26. The summed E-state index contributed by atoms with van der Waals surface area (Å²) in [5, 5.41) is 2.70. The second kappa shape index (κ2) is 5.74. The molecule has 0 radical (unpaired) electrons. The number of anilines is 2. The number of rotatable bonds is 6. The van der Waals surface area contributed by atoms with E-state index in [9.17, 15) is 4.79 Å². The molecule has 0 fully saturated rings. The van der Waals surface area contributed by atoms with Gasteiger partial charge in [-0.2, -0.15) is 4.98 Å². The molecule has 0 aromatic carbocycles. The van der Waals surface area contributed by atoms with Crippen LogP contribution in [-0.4, -0.2) is 29.0 Å². The second-order valence-electron chi connectivity index (χ2n) is 3.11. The smallest absolute Gasteiger partial charge is 0.242 e. The Morgan fingerprint density at radius 1 is 1.56 bits per heavy atom. The Balaban J connectivity index is 2.73. The largest absolute Gasteiger partial charge is 0.476 e. The van der Waals surface area contributed by atoms with Gasteiger partial charge < -0.3 is 21.5 Å². The van der Waals surface area contributed by atoms with Gasteiger partial charge in [0, 0.05) is 0 Å². The van der Waals surface area contributed by atoms with Crippen LogP contribution in [-0.2, 0) is 4.79 Å². The third-order valence-corrected chi connectivity index (χ3v) is 1.72. The van der Waals surface area contributed by atoms with Crippen LogP contribution in [0.15, 0.2) is 6.33 Å². The molecule has 7 nitrogen and oxygen atoms in total. The summed E-state index contributed by atoms with van der Waals surface area (Å²) in [7, 11) is 0. The zero-order valence-corrected chi connectivity index (χ0v) is 9.06. The molecular weight excluding hydrogens is 210 g/mol. The molecule has 7 heteroatoms. The minimum atomic E-state index is -0.492. The summed E-state index contributed by atoms with van der Waals surface area (Å²) in [6.45, 7) is 2.47. The lowest BCUT2D eigenvalue weighted by Crippen LogP contribution is -2.23. The molecule has 0 spiro atoms. The molecular formula is C9H15N5O2. The summed E-state index contributed by atoms with van der Waals surface area (Å²) in [4.78, 5) is 18.4. The van der Waals surface area contributed by atoms with Gasteiger partial charge in [0.05, 0.1) is 13.2 Å². The number of hydrogen-bond donors (Lipinski definition) is 3. The van der Waals surface area contributed by atoms with Crippen LogP contribution >= 0.6 is 0 Å². The van der Waals surface area contributed by atoms with Crippen molar-refractivity contribution in [3.8, 4) is 5.88 Å². The van der Waals surface area contributed by atoms with Gasteiger partial charge in [-0.05, 0) is 6.42 Å². The number of amides is 1. The predicted octanol–water partition coefficient (Wildman–Crippen LogP) is -0.255. The van der Waals surface area contributed by atoms with Gasteiger partial charge in [0.2, 0.25) is 11.8 Å². The van der Waals surface area contributed by atoms with Crippen molar-refractivity contribution in [3.05, 3.63) is 6.33 Å². The molecule has 0 saturated heterocycles. The maximum Gasteiger partial charge on any atom is 0.242 e. The van der Waals surface area contributed by atoms with Gasteiger partial charge in [-0.1, -0.05) is 6.92 Å². The first-order chi connectivity index (χ1) is 7.65. The first-order valence-electron chi connectivity index (χ1n) is 4.90. The van der Waals surface area contributed by atoms with Gasteiger partial charge in [-0.3, -0.25) is 4.79 Å². The van der Waals surface area contributed by atoms with Gasteiger partial charge in [-0.25, -0.2) is 4.98 Å². The number of nitrogens with two attached hydrogens (primary N) is 2. The van der Waals surface area contributed by atoms with Crippen molar-refractivity contribution in [3.63, 3.8) is 0 Å². The third kappa shape index (κ3) is 3.26. The first kappa shape index (κ1) is 12.0. The van der Waals surface area contributed by atoms with Crippen molar-refractivity contribution in [1.82, 2.24) is 9.97 Å². The highest BCUT2D eigenvalue weighted by atomic mass is 16.5. The summed E-state index contributed by atoms with van der Waals surface area (Å²) in [6.07, 6.45) is 2.16. The standard InChI is InChI=1S/C9H15N5O2/c1-2-3-16-9-7(11)8(13-5-14-9)12-4-6(10)15/h5H,2-4,11H2,1H3,(H2,10,15)(H,12,13,14). The molecule has 0 bridgehead atoms. The lowest BCUT2D eigenvalue weighted by atomic mass is 10.4. The van der Waals surface area contributed by atoms with Crippen LogP contribution in [0.2, 0.25) is 0 Å². The highest BCUT2D eigenvalue weighted by molar-refractivity contribution is 5.80. The Hall–Kier alpha value is -2.05. The average molecular weight is 225 g/mol. The molecule has 0 aliphatic rings. The topological polar surface area (TPSA) is 116 Å². The molecule has 0 aliphatic heterocycles. The van der Waals surface area contributed by atoms with E-state index in [1.54, 1.807) is 0 Å². The monoisotopic (exact) mass is 225 g/mol. The number of carbonyl (C=O) groups excluding carboxylic acids is 1. The van der Waals surface area contributed by atoms with Crippen LogP contribution in [0.25, 0.3) is 0 Å². The summed E-state index contributed by atoms with van der Waals surface area (Å²) >= 11 is 0. The van der Waals surface area contributed by atoms with Crippen molar-refractivity contribution in [1.29, 1.82) is 0 Å². The highest BCUT2D eigenvalue weighted by Crippen LogP contribution is 2.24. The van der Waals surface area contributed by atoms with E-state index in [1.807, 2.05) is 6.92 Å². The zero-order chi connectivity index (χ0) is 12.0. The summed E-state index contributed by atoms with van der Waals surface area (Å²) in [5.41, 5.74) is 11.0. The van der Waals surface area contributed by atoms with Gasteiger partial charge in [0.1, 0.15) is 12.0 Å². The lowest BCUT2D eigenvalue weighted by molar-refractivity contribution is -0.116. The maximum atomic E-state index is 10.6. The molecule has 0 saturated carbocycles. The molecule has 1 aromatic rings. The van der Waals surface area contributed by atoms with Crippen LogP contribution in [0.3, 0.4) is 0 Å². The number of ether oxygens (including phenoxy) is 1. The van der Waals surface area contributed by atoms with Gasteiger partial charge in [0.15, 0.2) is 5.82 Å². The van der Waals surface area contributed by atoms with Crippen LogP contribution < -0.4 is 21.5 Å². The fraction of sp³-hybridized carbons (Fsp3) is 0.444. The van der Waals surface area contributed by atoms with Crippen molar-refractivity contribution >= 4 is 17.4 Å². The van der Waals surface area contributed by atoms with Crippen LogP contribution in [0.1, 0.15) is 13.3 Å². The molecule has 0 aliphatic carbocycles. The van der Waals surface area contributed by atoms with Crippen LogP contribution in [0.4, 0.5) is 11.5 Å². The van der Waals surface area contributed by atoms with Gasteiger partial charge in [-0.15, -0.1) is 0 Å². The maximum absolute atomic E-state index is 10.6. The van der Waals surface area contributed by atoms with E-state index in [-0.39, 0.29) is 12.2 Å². The number of hydrogen-bond acceptors (Lipinski definition) is 6. The van der Waals surface area contributed by atoms with Crippen molar-refractivity contribution < 1.29 is 9.53 Å². The predicted molar refractivity (Wildman–Crippen MR) is 59.9 cm³/mol. The number of nitrogens with one attached hydrogen (secondary N) is 1. The van der Waals surface area contributed by atoms with E-state index in [0.717, 1.165) is 6.42 Å². The minimum absolute atomic E-state index is 0.0333. The van der Waals surface area contributed by atoms with Crippen LogP contribution in [0, 0.1) is 0 Å². The molecule has 0 unspecified atom stereocenters. The van der Waals surface area contributed by atoms with Gasteiger partial charge in [0.25, 0.3) is 0 Å². The molecule has 0 atom stereocenters. The Kier molecular flexibility index (Phi) is 4.31. The zero-order valence-electron chi connectivity index (χ0n) is 9.06. The number of nitrogens with zero attached hydrogens (tertiary/aromatic N) is 2. The lowest BCUT2D eigenvalue weighted by Gasteiger charge is -2.10. The Labute approximate surface area is 93.2 Å². The number of nitrogen functional groups attached to an aromatic ring is 1. The summed E-state index contributed by atoms with van der Waals surface area (Å²) < 4.78 is 5.30. The van der Waals surface area contributed by atoms with E-state index in [0.29, 0.717) is 18.3 Å². The molecule has 1 aromatic heterocycles. The Morgan fingerprint density at radius 3 is 2.94 bits per heavy atom. The quantitative estimate of drug-likeness (QED) is 0.614. The highest BCUT2D eigenvalue weighted by Gasteiger charge is 2.09. The second-order valence-corrected chi connectivity index (χ2v) is 3.11. The SMILES string of the molecule is CCCOc1ncnc(NCC(N)=O)c1N. The van der Waals surface area contributed by atoms with E-state index in [2.05, 4.69) is 15.3 Å². The van der Waals surface area contributed by atoms with Crippen molar-refractivity contribution in [2.75, 3.05) is 24.2 Å². The van der Waals surface area contributed by atoms with Crippen molar-refractivity contribution in [2.45, 2.75) is 13.3 Å².